The van der Waals surface area contributed by atoms with Crippen molar-refractivity contribution in [2.75, 3.05) is 19.6 Å². The van der Waals surface area contributed by atoms with Gasteiger partial charge in [-0.15, -0.1) is 0 Å². The van der Waals surface area contributed by atoms with E-state index in [9.17, 15) is 0 Å². The summed E-state index contributed by atoms with van der Waals surface area (Å²) in [5.41, 5.74) is 2.14. The molecule has 0 spiro atoms. The Morgan fingerprint density at radius 2 is 2.06 bits per heavy atom. The van der Waals surface area contributed by atoms with Gasteiger partial charge in [0, 0.05) is 31.7 Å². The van der Waals surface area contributed by atoms with E-state index in [0.29, 0.717) is 6.04 Å². The van der Waals surface area contributed by atoms with Crippen molar-refractivity contribution >= 4 is 11.6 Å². The van der Waals surface area contributed by atoms with Gasteiger partial charge in [-0.3, -0.25) is 9.58 Å². The highest BCUT2D eigenvalue weighted by molar-refractivity contribution is 6.30. The molecule has 0 saturated carbocycles. The first kappa shape index (κ1) is 13.8. The Kier molecular flexibility index (Phi) is 4.65. The van der Waals surface area contributed by atoms with Crippen LogP contribution in [0.5, 0.6) is 0 Å². The molecular weight excluding hydrogens is 248 g/mol. The molecule has 18 heavy (non-hydrogen) atoms. The maximum Gasteiger partial charge on any atom is 0.131 e. The Bertz CT molecular complexity index is 396. The summed E-state index contributed by atoms with van der Waals surface area (Å²) in [7, 11) is 1.88. The molecule has 5 heteroatoms. The third-order valence-corrected chi connectivity index (χ3v) is 4.25. The van der Waals surface area contributed by atoms with Crippen LogP contribution in [0.15, 0.2) is 0 Å². The SMILES string of the molecule is Cc1nn(C)c(Cl)c1CNCC(C)N1CCCC1. The van der Waals surface area contributed by atoms with Crippen LogP contribution >= 0.6 is 11.6 Å². The maximum absolute atomic E-state index is 6.21. The maximum atomic E-state index is 6.21. The fraction of sp³-hybridized carbons (Fsp3) is 0.769. The van der Waals surface area contributed by atoms with Gasteiger partial charge in [0.2, 0.25) is 0 Å². The smallest absolute Gasteiger partial charge is 0.131 e. The lowest BCUT2D eigenvalue weighted by atomic mass is 10.2. The summed E-state index contributed by atoms with van der Waals surface area (Å²) in [4.78, 5) is 2.55. The Morgan fingerprint density at radius 1 is 1.39 bits per heavy atom. The molecule has 0 amide bonds. The topological polar surface area (TPSA) is 33.1 Å². The quantitative estimate of drug-likeness (QED) is 0.888. The molecule has 1 saturated heterocycles. The molecule has 102 valence electrons. The first-order chi connectivity index (χ1) is 8.59. The number of nitrogens with zero attached hydrogens (tertiary/aromatic N) is 3. The number of nitrogens with one attached hydrogen (secondary N) is 1. The number of aromatic nitrogens is 2. The largest absolute Gasteiger partial charge is 0.311 e. The summed E-state index contributed by atoms with van der Waals surface area (Å²) < 4.78 is 1.73. The second kappa shape index (κ2) is 6.04. The van der Waals surface area contributed by atoms with Gasteiger partial charge in [-0.05, 0) is 39.8 Å². The van der Waals surface area contributed by atoms with E-state index in [1.54, 1.807) is 4.68 Å². The average Bonchev–Trinajstić information content (AvgIpc) is 2.93. The predicted molar refractivity (Wildman–Crippen MR) is 74.9 cm³/mol. The molecule has 1 N–H and O–H groups in total. The zero-order valence-electron chi connectivity index (χ0n) is 11.5. The van der Waals surface area contributed by atoms with Crippen molar-refractivity contribution in [2.45, 2.75) is 39.3 Å². The van der Waals surface area contributed by atoms with Crippen LogP contribution in [0.1, 0.15) is 31.0 Å². The van der Waals surface area contributed by atoms with Gasteiger partial charge < -0.3 is 5.32 Å². The molecule has 0 aliphatic carbocycles. The van der Waals surface area contributed by atoms with Crippen molar-refractivity contribution < 1.29 is 0 Å². The lowest BCUT2D eigenvalue weighted by Gasteiger charge is -2.23. The normalized spacial score (nSPS) is 18.4. The summed E-state index contributed by atoms with van der Waals surface area (Å²) in [6, 6.07) is 0.600. The highest BCUT2D eigenvalue weighted by atomic mass is 35.5. The molecule has 1 aromatic heterocycles. The first-order valence-electron chi connectivity index (χ1n) is 6.72. The highest BCUT2D eigenvalue weighted by Gasteiger charge is 2.18. The second-order valence-corrected chi connectivity index (χ2v) is 5.56. The van der Waals surface area contributed by atoms with Crippen LogP contribution in [0.3, 0.4) is 0 Å². The average molecular weight is 271 g/mol. The van der Waals surface area contributed by atoms with E-state index in [2.05, 4.69) is 22.2 Å². The Labute approximate surface area is 114 Å². The zero-order valence-corrected chi connectivity index (χ0v) is 12.3. The van der Waals surface area contributed by atoms with Crippen molar-refractivity contribution in [1.82, 2.24) is 20.0 Å². The monoisotopic (exact) mass is 270 g/mol. The van der Waals surface area contributed by atoms with Gasteiger partial charge in [0.15, 0.2) is 0 Å². The van der Waals surface area contributed by atoms with Crippen molar-refractivity contribution in [3.8, 4) is 0 Å². The van der Waals surface area contributed by atoms with Gasteiger partial charge in [0.25, 0.3) is 0 Å². The van der Waals surface area contributed by atoms with Gasteiger partial charge in [0.1, 0.15) is 5.15 Å². The number of halogens is 1. The molecular formula is C13H23ClN4. The van der Waals surface area contributed by atoms with Crippen LogP contribution in [0.2, 0.25) is 5.15 Å². The van der Waals surface area contributed by atoms with E-state index >= 15 is 0 Å². The van der Waals surface area contributed by atoms with Crippen LogP contribution in [-0.2, 0) is 13.6 Å². The minimum Gasteiger partial charge on any atom is -0.311 e. The molecule has 2 rings (SSSR count). The molecule has 4 nitrogen and oxygen atoms in total. The van der Waals surface area contributed by atoms with Crippen LogP contribution in [0, 0.1) is 6.92 Å². The Balaban J connectivity index is 1.81. The number of hydrogen-bond acceptors (Lipinski definition) is 3. The minimum atomic E-state index is 0.600. The molecule has 0 radical (unpaired) electrons. The van der Waals surface area contributed by atoms with Crippen LogP contribution in [0.4, 0.5) is 0 Å². The number of rotatable bonds is 5. The fourth-order valence-electron chi connectivity index (χ4n) is 2.59. The van der Waals surface area contributed by atoms with Gasteiger partial charge in [-0.1, -0.05) is 11.6 Å². The lowest BCUT2D eigenvalue weighted by Crippen LogP contribution is -2.38. The third kappa shape index (κ3) is 3.05. The fourth-order valence-corrected chi connectivity index (χ4v) is 2.83. The molecule has 1 unspecified atom stereocenters. The minimum absolute atomic E-state index is 0.600. The first-order valence-corrected chi connectivity index (χ1v) is 7.10. The van der Waals surface area contributed by atoms with Crippen LogP contribution < -0.4 is 5.32 Å². The number of hydrogen-bond donors (Lipinski definition) is 1. The summed E-state index contributed by atoms with van der Waals surface area (Å²) in [6.07, 6.45) is 2.69. The van der Waals surface area contributed by atoms with Crippen LogP contribution in [0.25, 0.3) is 0 Å². The molecule has 1 aliphatic heterocycles. The van der Waals surface area contributed by atoms with Gasteiger partial charge >= 0.3 is 0 Å². The summed E-state index contributed by atoms with van der Waals surface area (Å²) >= 11 is 6.21. The highest BCUT2D eigenvalue weighted by Crippen LogP contribution is 2.18. The molecule has 1 atom stereocenters. The zero-order chi connectivity index (χ0) is 13.1. The van der Waals surface area contributed by atoms with E-state index in [4.69, 9.17) is 11.6 Å². The Hall–Kier alpha value is -0.580. The predicted octanol–water partition coefficient (Wildman–Crippen LogP) is 1.96. The van der Waals surface area contributed by atoms with Gasteiger partial charge in [-0.2, -0.15) is 5.10 Å². The number of likely N-dealkylation sites (tertiary alicyclic amines) is 1. The molecule has 1 aromatic rings. The van der Waals surface area contributed by atoms with E-state index < -0.39 is 0 Å². The summed E-state index contributed by atoms with van der Waals surface area (Å²) in [6.45, 7) is 8.59. The molecule has 0 bridgehead atoms. The van der Waals surface area contributed by atoms with Crippen molar-refractivity contribution in [3.63, 3.8) is 0 Å². The molecule has 1 aliphatic rings. The molecule has 2 heterocycles. The molecule has 0 aromatic carbocycles. The number of aryl methyl sites for hydroxylation is 2. The Morgan fingerprint density at radius 3 is 2.61 bits per heavy atom. The van der Waals surface area contributed by atoms with E-state index in [0.717, 1.165) is 29.5 Å². The van der Waals surface area contributed by atoms with Crippen LogP contribution in [-0.4, -0.2) is 40.4 Å². The molecule has 1 fully saturated rings. The van der Waals surface area contributed by atoms with Gasteiger partial charge in [-0.25, -0.2) is 0 Å². The van der Waals surface area contributed by atoms with Crippen molar-refractivity contribution in [2.24, 2.45) is 7.05 Å². The third-order valence-electron chi connectivity index (χ3n) is 3.78. The van der Waals surface area contributed by atoms with E-state index in [1.807, 2.05) is 14.0 Å². The summed E-state index contributed by atoms with van der Waals surface area (Å²) in [5, 5.41) is 8.56. The van der Waals surface area contributed by atoms with E-state index in [1.165, 1.54) is 25.9 Å². The lowest BCUT2D eigenvalue weighted by molar-refractivity contribution is 0.251. The second-order valence-electron chi connectivity index (χ2n) is 5.20. The van der Waals surface area contributed by atoms with Crippen molar-refractivity contribution in [1.29, 1.82) is 0 Å². The van der Waals surface area contributed by atoms with Crippen molar-refractivity contribution in [3.05, 3.63) is 16.4 Å². The summed E-state index contributed by atoms with van der Waals surface area (Å²) in [5.74, 6) is 0. The van der Waals surface area contributed by atoms with Gasteiger partial charge in [0.05, 0.1) is 5.69 Å². The standard InChI is InChI=1S/C13H23ClN4/c1-10(18-6-4-5-7-18)8-15-9-12-11(2)16-17(3)13(12)14/h10,15H,4-9H2,1-3H3. The van der Waals surface area contributed by atoms with E-state index in [-0.39, 0.29) is 0 Å².